The minimum absolute atomic E-state index is 0.00551. The first-order valence-corrected chi connectivity index (χ1v) is 16.1. The van der Waals surface area contributed by atoms with E-state index in [1.165, 1.54) is 31.4 Å². The van der Waals surface area contributed by atoms with E-state index in [0.29, 0.717) is 37.4 Å². The van der Waals surface area contributed by atoms with Crippen LogP contribution in [0.15, 0.2) is 60.7 Å². The third kappa shape index (κ3) is 7.01. The van der Waals surface area contributed by atoms with Crippen molar-refractivity contribution in [1.29, 1.82) is 0 Å². The van der Waals surface area contributed by atoms with Gasteiger partial charge in [-0.1, -0.05) is 96.1 Å². The van der Waals surface area contributed by atoms with Crippen LogP contribution in [0.5, 0.6) is 0 Å². The van der Waals surface area contributed by atoms with Gasteiger partial charge in [0.25, 0.3) is 0 Å². The van der Waals surface area contributed by atoms with Gasteiger partial charge in [-0.15, -0.1) is 0 Å². The first-order valence-electron chi connectivity index (χ1n) is 13.6. The number of carbonyl (C=O) groups is 4. The zero-order valence-electron chi connectivity index (χ0n) is 22.7. The quantitative estimate of drug-likeness (QED) is 0.291. The molecule has 2 unspecified atom stereocenters. The molecule has 2 aliphatic heterocycles. The molecule has 0 radical (unpaired) electrons. The second-order valence-electron chi connectivity index (χ2n) is 10.7. The molecular weight excluding hydrogens is 548 g/mol. The van der Waals surface area contributed by atoms with E-state index in [-0.39, 0.29) is 35.5 Å². The Labute approximate surface area is 242 Å². The molecule has 40 heavy (non-hydrogen) atoms. The Kier molecular flexibility index (Phi) is 10.2. The zero-order valence-corrected chi connectivity index (χ0v) is 24.4. The minimum Gasteiger partial charge on any atom is -0.480 e. The summed E-state index contributed by atoms with van der Waals surface area (Å²) in [6.07, 6.45) is 0.802. The van der Waals surface area contributed by atoms with Crippen molar-refractivity contribution in [2.45, 2.75) is 50.6 Å². The Balaban J connectivity index is 1.26. The molecule has 0 bridgehead atoms. The summed E-state index contributed by atoms with van der Waals surface area (Å²) in [7, 11) is 2.97. The van der Waals surface area contributed by atoms with Crippen LogP contribution in [0.1, 0.15) is 49.7 Å². The molecule has 0 spiro atoms. The molecule has 0 aliphatic carbocycles. The maximum atomic E-state index is 13.2. The number of rotatable bonds is 11. The summed E-state index contributed by atoms with van der Waals surface area (Å²) in [5.41, 5.74) is 2.08. The molecule has 10 heteroatoms. The summed E-state index contributed by atoms with van der Waals surface area (Å²) in [6, 6.07) is 17.7. The van der Waals surface area contributed by atoms with E-state index in [0.717, 1.165) is 11.1 Å². The predicted octanol–water partition coefficient (Wildman–Crippen LogP) is 4.58. The van der Waals surface area contributed by atoms with Gasteiger partial charge in [-0.25, -0.2) is 9.59 Å². The van der Waals surface area contributed by atoms with E-state index in [4.69, 9.17) is 0 Å². The van der Waals surface area contributed by atoms with Crippen LogP contribution in [0.25, 0.3) is 0 Å². The molecule has 214 valence electrons. The highest BCUT2D eigenvalue weighted by atomic mass is 33.1. The highest BCUT2D eigenvalue weighted by molar-refractivity contribution is 8.76. The molecule has 2 fully saturated rings. The summed E-state index contributed by atoms with van der Waals surface area (Å²) in [4.78, 5) is 53.3. The van der Waals surface area contributed by atoms with Crippen LogP contribution in [0.2, 0.25) is 0 Å². The number of benzene rings is 2. The summed E-state index contributed by atoms with van der Waals surface area (Å²) in [5, 5.41) is 19.5. The fourth-order valence-electron chi connectivity index (χ4n) is 5.57. The van der Waals surface area contributed by atoms with Crippen LogP contribution in [-0.4, -0.2) is 80.4 Å². The van der Waals surface area contributed by atoms with E-state index in [2.05, 4.69) is 0 Å². The summed E-state index contributed by atoms with van der Waals surface area (Å²) in [6.45, 7) is 4.39. The number of hydrogen-bond acceptors (Lipinski definition) is 6. The maximum absolute atomic E-state index is 13.2. The lowest BCUT2D eigenvalue weighted by Crippen LogP contribution is -2.43. The molecule has 6 atom stereocenters. The minimum atomic E-state index is -0.982. The van der Waals surface area contributed by atoms with Crippen molar-refractivity contribution in [3.8, 4) is 0 Å². The average Bonchev–Trinajstić information content (AvgIpc) is 3.61. The van der Waals surface area contributed by atoms with E-state index < -0.39 is 24.0 Å². The molecule has 2 saturated heterocycles. The summed E-state index contributed by atoms with van der Waals surface area (Å²) < 4.78 is 0. The van der Waals surface area contributed by atoms with Crippen molar-refractivity contribution in [3.05, 3.63) is 71.8 Å². The number of aliphatic carboxylic acids is 2. The lowest BCUT2D eigenvalue weighted by Gasteiger charge is -2.25. The fraction of sp³-hybridized carbons (Fsp3) is 0.467. The van der Waals surface area contributed by atoms with Crippen LogP contribution in [0, 0.1) is 11.8 Å². The molecular formula is C30H36N2O6S2. The largest absolute Gasteiger partial charge is 0.480 e. The monoisotopic (exact) mass is 584 g/mol. The molecule has 2 N–H and O–H groups in total. The van der Waals surface area contributed by atoms with E-state index in [1.54, 1.807) is 0 Å². The van der Waals surface area contributed by atoms with Crippen molar-refractivity contribution in [3.63, 3.8) is 0 Å². The highest BCUT2D eigenvalue weighted by Gasteiger charge is 2.42. The number of carboxylic acids is 2. The first-order chi connectivity index (χ1) is 19.2. The molecule has 0 saturated carbocycles. The molecule has 2 aromatic rings. The number of carbonyl (C=O) groups excluding carboxylic acids is 2. The SMILES string of the molecule is CC(CSSCC(C)C(=O)N1C[C@@H](c2ccccc2)C[C@H]1C(=O)O)C(=O)N1C[C@@H](c2ccccc2)C[C@H]1C(=O)O. The molecule has 2 aliphatic rings. The molecule has 8 nitrogen and oxygen atoms in total. The van der Waals surface area contributed by atoms with Crippen LogP contribution in [0.4, 0.5) is 0 Å². The molecule has 2 aromatic carbocycles. The van der Waals surface area contributed by atoms with Gasteiger partial charge in [-0.3, -0.25) is 9.59 Å². The number of nitrogens with zero attached hydrogens (tertiary/aromatic N) is 2. The zero-order chi connectivity index (χ0) is 28.8. The fourth-order valence-corrected chi connectivity index (χ4v) is 8.26. The number of hydrogen-bond donors (Lipinski definition) is 2. The standard InChI is InChI=1S/C30H36N2O6S2/c1-19(27(33)31-15-23(13-25(31)29(35)36)21-9-5-3-6-10-21)17-39-40-18-20(2)28(34)32-16-24(14-26(32)30(37)38)22-11-7-4-8-12-22/h3-12,19-20,23-26H,13-18H2,1-2H3,(H,35,36)(H,37,38)/t19?,20?,23-,24-,25-,26-/m0/s1. The number of amides is 2. The van der Waals surface area contributed by atoms with Gasteiger partial charge in [-0.05, 0) is 24.0 Å². The van der Waals surface area contributed by atoms with Crippen molar-refractivity contribution in [2.24, 2.45) is 11.8 Å². The van der Waals surface area contributed by atoms with E-state index in [9.17, 15) is 29.4 Å². The van der Waals surface area contributed by atoms with Gasteiger partial charge in [0.2, 0.25) is 11.8 Å². The van der Waals surface area contributed by atoms with Crippen molar-refractivity contribution in [1.82, 2.24) is 9.80 Å². The average molecular weight is 585 g/mol. The topological polar surface area (TPSA) is 115 Å². The van der Waals surface area contributed by atoms with Gasteiger partial charge in [0.1, 0.15) is 12.1 Å². The number of likely N-dealkylation sites (tertiary alicyclic amines) is 2. The Bertz CT molecular complexity index is 1100. The van der Waals surface area contributed by atoms with E-state index in [1.807, 2.05) is 74.5 Å². The lowest BCUT2D eigenvalue weighted by atomic mass is 9.96. The smallest absolute Gasteiger partial charge is 0.326 e. The molecule has 0 aromatic heterocycles. The van der Waals surface area contributed by atoms with Crippen LogP contribution < -0.4 is 0 Å². The van der Waals surface area contributed by atoms with Crippen molar-refractivity contribution >= 4 is 45.3 Å². The normalized spacial score (nSPS) is 24.1. The lowest BCUT2D eigenvalue weighted by molar-refractivity contribution is -0.149. The Morgan fingerprint density at radius 3 is 1.38 bits per heavy atom. The van der Waals surface area contributed by atoms with Crippen molar-refractivity contribution < 1.29 is 29.4 Å². The summed E-state index contributed by atoms with van der Waals surface area (Å²) >= 11 is 0. The van der Waals surface area contributed by atoms with Gasteiger partial charge < -0.3 is 20.0 Å². The number of carboxylic acid groups (broad SMARTS) is 2. The Morgan fingerprint density at radius 2 is 1.05 bits per heavy atom. The van der Waals surface area contributed by atoms with Gasteiger partial charge in [0.05, 0.1) is 0 Å². The summed E-state index contributed by atoms with van der Waals surface area (Å²) in [5.74, 6) is -2.09. The Morgan fingerprint density at radius 1 is 0.700 bits per heavy atom. The predicted molar refractivity (Wildman–Crippen MR) is 157 cm³/mol. The van der Waals surface area contributed by atoms with E-state index >= 15 is 0 Å². The molecule has 2 heterocycles. The first kappa shape index (κ1) is 30.0. The molecule has 4 rings (SSSR count). The Hall–Kier alpha value is -2.98. The second kappa shape index (κ2) is 13.6. The third-order valence-corrected chi connectivity index (χ3v) is 10.6. The second-order valence-corrected chi connectivity index (χ2v) is 13.3. The van der Waals surface area contributed by atoms with Gasteiger partial charge in [0, 0.05) is 48.3 Å². The van der Waals surface area contributed by atoms with Crippen LogP contribution in [0.3, 0.4) is 0 Å². The highest BCUT2D eigenvalue weighted by Crippen LogP contribution is 2.36. The molecule has 2 amide bonds. The van der Waals surface area contributed by atoms with Gasteiger partial charge >= 0.3 is 11.9 Å². The van der Waals surface area contributed by atoms with Gasteiger partial charge in [0.15, 0.2) is 0 Å². The van der Waals surface area contributed by atoms with Crippen molar-refractivity contribution in [2.75, 3.05) is 24.6 Å². The maximum Gasteiger partial charge on any atom is 0.326 e. The third-order valence-electron chi connectivity index (χ3n) is 7.84. The van der Waals surface area contributed by atoms with Gasteiger partial charge in [-0.2, -0.15) is 0 Å². The van der Waals surface area contributed by atoms with Crippen LogP contribution >= 0.6 is 21.6 Å². The van der Waals surface area contributed by atoms with Crippen LogP contribution in [-0.2, 0) is 19.2 Å².